The summed E-state index contributed by atoms with van der Waals surface area (Å²) in [5.74, 6) is 1.45. The van der Waals surface area contributed by atoms with Gasteiger partial charge in [-0.05, 0) is 36.4 Å². The Morgan fingerprint density at radius 3 is 2.63 bits per heavy atom. The first-order valence-corrected chi connectivity index (χ1v) is 8.88. The Bertz CT molecular complexity index is 1240. The molecule has 2 aromatic heterocycles. The minimum atomic E-state index is -2.92. The van der Waals surface area contributed by atoms with Gasteiger partial charge in [-0.3, -0.25) is 4.79 Å². The van der Waals surface area contributed by atoms with Gasteiger partial charge in [-0.1, -0.05) is 6.07 Å². The van der Waals surface area contributed by atoms with Crippen molar-refractivity contribution in [1.82, 2.24) is 15.0 Å². The van der Waals surface area contributed by atoms with Gasteiger partial charge in [-0.25, -0.2) is 9.97 Å². The molecule has 0 aliphatic rings. The highest BCUT2D eigenvalue weighted by molar-refractivity contribution is 5.93. The number of nitrogens with zero attached hydrogens (tertiary/aromatic N) is 2. The smallest absolute Gasteiger partial charge is 0.387 e. The Morgan fingerprint density at radius 2 is 1.90 bits per heavy atom. The molecular weight excluding hydrogens is 394 g/mol. The number of rotatable bonds is 6. The number of anilines is 2. The highest BCUT2D eigenvalue weighted by Crippen LogP contribution is 2.30. The summed E-state index contributed by atoms with van der Waals surface area (Å²) in [6, 6.07) is 14.5. The zero-order valence-electron chi connectivity index (χ0n) is 15.7. The molecule has 0 radical (unpaired) electrons. The van der Waals surface area contributed by atoms with E-state index in [-0.39, 0.29) is 11.3 Å². The number of hydrogen-bond donors (Lipinski definition) is 2. The van der Waals surface area contributed by atoms with Crippen LogP contribution in [0.1, 0.15) is 0 Å². The highest BCUT2D eigenvalue weighted by atomic mass is 19.3. The molecule has 0 bridgehead atoms. The maximum Gasteiger partial charge on any atom is 0.387 e. The van der Waals surface area contributed by atoms with Crippen LogP contribution in [0.25, 0.3) is 22.3 Å². The van der Waals surface area contributed by atoms with E-state index in [9.17, 15) is 13.6 Å². The van der Waals surface area contributed by atoms with Gasteiger partial charge < -0.3 is 19.8 Å². The van der Waals surface area contributed by atoms with Crippen LogP contribution in [0.5, 0.6) is 11.5 Å². The predicted molar refractivity (Wildman–Crippen MR) is 109 cm³/mol. The van der Waals surface area contributed by atoms with Gasteiger partial charge in [0, 0.05) is 35.0 Å². The first-order chi connectivity index (χ1) is 14.5. The number of benzene rings is 2. The number of alkyl halides is 2. The quantitative estimate of drug-likeness (QED) is 0.492. The number of aromatic nitrogens is 3. The predicted octanol–water partition coefficient (Wildman–Crippen LogP) is 4.34. The molecule has 0 amide bonds. The van der Waals surface area contributed by atoms with Crippen LogP contribution in [0.2, 0.25) is 0 Å². The molecule has 0 aliphatic heterocycles. The average molecular weight is 410 g/mol. The van der Waals surface area contributed by atoms with Crippen molar-refractivity contribution in [3.63, 3.8) is 0 Å². The van der Waals surface area contributed by atoms with E-state index in [4.69, 9.17) is 4.74 Å². The molecule has 30 heavy (non-hydrogen) atoms. The lowest BCUT2D eigenvalue weighted by atomic mass is 10.2. The van der Waals surface area contributed by atoms with Crippen molar-refractivity contribution in [2.45, 2.75) is 6.61 Å². The van der Waals surface area contributed by atoms with Crippen molar-refractivity contribution >= 4 is 22.4 Å². The molecule has 0 saturated heterocycles. The average Bonchev–Trinajstić information content (AvgIpc) is 2.73. The SMILES string of the molecule is COc1ccc2nc(-c3ccc(=O)[nH]c3)nc(Nc3cccc(OC(F)F)c3)c2c1. The van der Waals surface area contributed by atoms with Gasteiger partial charge in [0.05, 0.1) is 12.6 Å². The lowest BCUT2D eigenvalue weighted by molar-refractivity contribution is -0.0498. The van der Waals surface area contributed by atoms with Crippen LogP contribution in [-0.2, 0) is 0 Å². The minimum Gasteiger partial charge on any atom is -0.497 e. The Balaban J connectivity index is 1.81. The van der Waals surface area contributed by atoms with E-state index in [1.165, 1.54) is 24.4 Å². The van der Waals surface area contributed by atoms with Crippen molar-refractivity contribution in [3.8, 4) is 22.9 Å². The molecule has 0 spiro atoms. The number of nitrogens with one attached hydrogen (secondary N) is 2. The monoisotopic (exact) mass is 410 g/mol. The number of aromatic amines is 1. The molecule has 0 fully saturated rings. The van der Waals surface area contributed by atoms with Crippen molar-refractivity contribution in [2.24, 2.45) is 0 Å². The number of methoxy groups -OCH3 is 1. The van der Waals surface area contributed by atoms with E-state index in [2.05, 4.69) is 25.0 Å². The third-order valence-electron chi connectivity index (χ3n) is 4.27. The molecule has 0 saturated carbocycles. The molecule has 2 heterocycles. The number of pyridine rings is 1. The van der Waals surface area contributed by atoms with Crippen LogP contribution >= 0.6 is 0 Å². The van der Waals surface area contributed by atoms with E-state index in [0.717, 1.165) is 0 Å². The number of halogens is 2. The maximum absolute atomic E-state index is 12.5. The maximum atomic E-state index is 12.5. The molecule has 4 aromatic rings. The van der Waals surface area contributed by atoms with E-state index in [0.29, 0.717) is 39.5 Å². The van der Waals surface area contributed by atoms with E-state index in [1.807, 2.05) is 0 Å². The molecule has 152 valence electrons. The molecule has 7 nitrogen and oxygen atoms in total. The van der Waals surface area contributed by atoms with Crippen LogP contribution in [0.15, 0.2) is 65.6 Å². The second-order valence-corrected chi connectivity index (χ2v) is 6.25. The van der Waals surface area contributed by atoms with Gasteiger partial charge in [0.15, 0.2) is 5.82 Å². The third-order valence-corrected chi connectivity index (χ3v) is 4.27. The first kappa shape index (κ1) is 19.3. The normalized spacial score (nSPS) is 10.9. The molecule has 0 atom stereocenters. The van der Waals surface area contributed by atoms with Gasteiger partial charge >= 0.3 is 6.61 Å². The van der Waals surface area contributed by atoms with E-state index >= 15 is 0 Å². The lowest BCUT2D eigenvalue weighted by Gasteiger charge is -2.13. The van der Waals surface area contributed by atoms with Crippen LogP contribution in [0.3, 0.4) is 0 Å². The fraction of sp³-hybridized carbons (Fsp3) is 0.0952. The zero-order valence-corrected chi connectivity index (χ0v) is 15.7. The van der Waals surface area contributed by atoms with Crippen LogP contribution in [0, 0.1) is 0 Å². The summed E-state index contributed by atoms with van der Waals surface area (Å²) < 4.78 is 34.8. The molecule has 0 aliphatic carbocycles. The lowest BCUT2D eigenvalue weighted by Crippen LogP contribution is -2.04. The third kappa shape index (κ3) is 4.19. The van der Waals surface area contributed by atoms with Crippen molar-refractivity contribution in [1.29, 1.82) is 0 Å². The van der Waals surface area contributed by atoms with E-state index < -0.39 is 6.61 Å². The number of H-pyrrole nitrogens is 1. The minimum absolute atomic E-state index is 0.0202. The van der Waals surface area contributed by atoms with Crippen LogP contribution in [-0.4, -0.2) is 28.7 Å². The summed E-state index contributed by atoms with van der Waals surface area (Å²) >= 11 is 0. The van der Waals surface area contributed by atoms with E-state index in [1.54, 1.807) is 43.5 Å². The standard InChI is InChI=1S/C21H16F2N4O3/c1-29-14-6-7-17-16(10-14)20(25-13-3-2-4-15(9-13)30-21(22)23)27-19(26-17)12-5-8-18(28)24-11-12/h2-11,21H,1H3,(H,24,28)(H,25,26,27). The summed E-state index contributed by atoms with van der Waals surface area (Å²) in [6.45, 7) is -2.92. The summed E-state index contributed by atoms with van der Waals surface area (Å²) in [4.78, 5) is 23.1. The molecule has 0 unspecified atom stereocenters. The van der Waals surface area contributed by atoms with Crippen LogP contribution in [0.4, 0.5) is 20.3 Å². The van der Waals surface area contributed by atoms with Crippen LogP contribution < -0.4 is 20.3 Å². The summed E-state index contributed by atoms with van der Waals surface area (Å²) in [5, 5.41) is 3.80. The molecule has 9 heteroatoms. The molecule has 2 aromatic carbocycles. The Hall–Kier alpha value is -4.01. The van der Waals surface area contributed by atoms with Gasteiger partial charge in [-0.2, -0.15) is 8.78 Å². The molecule has 2 N–H and O–H groups in total. The van der Waals surface area contributed by atoms with Crippen molar-refractivity contribution in [3.05, 3.63) is 71.1 Å². The Kier molecular flexibility index (Phi) is 5.25. The number of fused-ring (bicyclic) bond motifs is 1. The fourth-order valence-corrected chi connectivity index (χ4v) is 2.90. The van der Waals surface area contributed by atoms with Gasteiger partial charge in [0.2, 0.25) is 5.56 Å². The molecule has 4 rings (SSSR count). The second kappa shape index (κ2) is 8.16. The van der Waals surface area contributed by atoms with Crippen molar-refractivity contribution in [2.75, 3.05) is 12.4 Å². The fourth-order valence-electron chi connectivity index (χ4n) is 2.90. The molecular formula is C21H16F2N4O3. The first-order valence-electron chi connectivity index (χ1n) is 8.88. The van der Waals surface area contributed by atoms with Crippen molar-refractivity contribution < 1.29 is 18.3 Å². The van der Waals surface area contributed by atoms with Gasteiger partial charge in [0.25, 0.3) is 0 Å². The Morgan fingerprint density at radius 1 is 1.03 bits per heavy atom. The highest BCUT2D eigenvalue weighted by Gasteiger charge is 2.12. The Labute approximate surface area is 169 Å². The topological polar surface area (TPSA) is 89.1 Å². The number of hydrogen-bond acceptors (Lipinski definition) is 6. The summed E-state index contributed by atoms with van der Waals surface area (Å²) in [5.41, 5.74) is 1.52. The second-order valence-electron chi connectivity index (χ2n) is 6.25. The van der Waals surface area contributed by atoms with Gasteiger partial charge in [-0.15, -0.1) is 0 Å². The largest absolute Gasteiger partial charge is 0.497 e. The number of ether oxygens (including phenoxy) is 2. The summed E-state index contributed by atoms with van der Waals surface area (Å²) in [6.07, 6.45) is 1.52. The summed E-state index contributed by atoms with van der Waals surface area (Å²) in [7, 11) is 1.55. The zero-order chi connectivity index (χ0) is 21.1. The van der Waals surface area contributed by atoms with Gasteiger partial charge in [0.1, 0.15) is 17.3 Å².